The van der Waals surface area contributed by atoms with Crippen molar-refractivity contribution in [2.24, 2.45) is 0 Å². The third-order valence-corrected chi connectivity index (χ3v) is 6.63. The Morgan fingerprint density at radius 1 is 0.394 bits per heavy atom. The van der Waals surface area contributed by atoms with Gasteiger partial charge in [-0.2, -0.15) is 0 Å². The third kappa shape index (κ3) is 37.5. The van der Waals surface area contributed by atoms with Crippen molar-refractivity contribution in [3.63, 3.8) is 0 Å². The molecule has 0 atom stereocenters. The van der Waals surface area contributed by atoms with Gasteiger partial charge in [0.2, 0.25) is 0 Å². The summed E-state index contributed by atoms with van der Waals surface area (Å²) in [5, 5.41) is 0. The Balaban J connectivity index is -0.000000529. The summed E-state index contributed by atoms with van der Waals surface area (Å²) in [4.78, 5) is 0. The van der Waals surface area contributed by atoms with E-state index in [1.807, 2.05) is 0 Å². The normalized spacial score (nSPS) is 10.8. The van der Waals surface area contributed by atoms with Crippen LogP contribution in [0.15, 0.2) is 0 Å². The van der Waals surface area contributed by atoms with Gasteiger partial charge in [0.15, 0.2) is 0 Å². The molecule has 0 saturated heterocycles. The number of unbranched alkanes of at least 4 members (excludes halogenated alkanes) is 12. The van der Waals surface area contributed by atoms with E-state index in [1.165, 1.54) is 51.4 Å². The zero-order valence-electron chi connectivity index (χ0n) is 21.9. The Morgan fingerprint density at radius 3 is 0.788 bits per heavy atom. The Morgan fingerprint density at radius 2 is 0.606 bits per heavy atom. The molecule has 33 heavy (non-hydrogen) atoms. The average molecular weight is 560 g/mol. The predicted molar refractivity (Wildman–Crippen MR) is 138 cm³/mol. The molecule has 0 heterocycles. The Kier molecular flexibility index (Phi) is 40.6. The van der Waals surface area contributed by atoms with E-state index in [9.17, 15) is 9.13 Å². The van der Waals surface area contributed by atoms with E-state index in [-0.39, 0.29) is 16.8 Å². The van der Waals surface area contributed by atoms with E-state index in [0.717, 1.165) is 51.4 Å². The van der Waals surface area contributed by atoms with Crippen molar-refractivity contribution in [1.29, 1.82) is 0 Å². The minimum absolute atomic E-state index is 0. The Hall–Kier alpha value is 0.806. The molecule has 0 bridgehead atoms. The molecular weight excluding hydrogens is 505 g/mol. The molecule has 0 aromatic rings. The quantitative estimate of drug-likeness (QED) is 0.0868. The first-order valence-electron chi connectivity index (χ1n) is 13.2. The summed E-state index contributed by atoms with van der Waals surface area (Å²) < 4.78 is 43.0. The van der Waals surface area contributed by atoms with E-state index >= 15 is 0 Å². The van der Waals surface area contributed by atoms with Crippen LogP contribution in [0.25, 0.3) is 0 Å². The second kappa shape index (κ2) is 35.0. The van der Waals surface area contributed by atoms with Crippen LogP contribution < -0.4 is 0 Å². The number of hydrogen-bond acceptors (Lipinski definition) is 6. The molecule has 0 N–H and O–H groups in total. The monoisotopic (exact) mass is 559 g/mol. The van der Waals surface area contributed by atoms with E-state index in [2.05, 4.69) is 27.7 Å². The van der Waals surface area contributed by atoms with Crippen LogP contribution >= 0.6 is 16.5 Å². The first-order chi connectivity index (χ1) is 15.6. The SMILES string of the molecule is CCCCCCO[PH](=O)OCCCCCC.CCCCCCO[PH](=O)OCCCCCC.[Co]. The molecule has 1 radical (unpaired) electrons. The standard InChI is InChI=1S/2C12H27O3P.Co/c2*1-3-5-7-9-11-14-16(13)15-12-10-8-6-4-2;/h2*16H,3-12H2,1-2H3;. The molecule has 205 valence electrons. The summed E-state index contributed by atoms with van der Waals surface area (Å²) in [6, 6.07) is 0. The maximum Gasteiger partial charge on any atom is 0.319 e. The minimum Gasteiger partial charge on any atom is -0.311 e. The van der Waals surface area contributed by atoms with Crippen molar-refractivity contribution in [3.8, 4) is 0 Å². The van der Waals surface area contributed by atoms with E-state index in [0.29, 0.717) is 26.4 Å². The van der Waals surface area contributed by atoms with Gasteiger partial charge in [0.1, 0.15) is 0 Å². The van der Waals surface area contributed by atoms with Crippen LogP contribution in [0, 0.1) is 0 Å². The Bertz CT molecular complexity index is 335. The summed E-state index contributed by atoms with van der Waals surface area (Å²) in [5.41, 5.74) is 0. The molecule has 0 aliphatic carbocycles. The van der Waals surface area contributed by atoms with Gasteiger partial charge in [0.25, 0.3) is 0 Å². The van der Waals surface area contributed by atoms with Crippen LogP contribution in [0.1, 0.15) is 130 Å². The fourth-order valence-corrected chi connectivity index (χ4v) is 4.23. The van der Waals surface area contributed by atoms with Gasteiger partial charge in [-0.3, -0.25) is 9.13 Å². The zero-order valence-corrected chi connectivity index (χ0v) is 25.0. The fraction of sp³-hybridized carbons (Fsp3) is 1.00. The smallest absolute Gasteiger partial charge is 0.311 e. The third-order valence-electron chi connectivity index (χ3n) is 4.87. The van der Waals surface area contributed by atoms with Crippen LogP contribution in [0.4, 0.5) is 0 Å². The molecule has 0 fully saturated rings. The van der Waals surface area contributed by atoms with Gasteiger partial charge < -0.3 is 18.1 Å². The summed E-state index contributed by atoms with van der Waals surface area (Å²) in [6.45, 7) is 11.0. The summed E-state index contributed by atoms with van der Waals surface area (Å²) >= 11 is 0. The van der Waals surface area contributed by atoms with E-state index in [1.54, 1.807) is 0 Å². The average Bonchev–Trinajstić information content (AvgIpc) is 2.79. The Labute approximate surface area is 217 Å². The molecule has 0 aromatic heterocycles. The van der Waals surface area contributed by atoms with Gasteiger partial charge in [-0.25, -0.2) is 0 Å². The second-order valence-electron chi connectivity index (χ2n) is 8.14. The van der Waals surface area contributed by atoms with Crippen molar-refractivity contribution >= 4 is 16.5 Å². The maximum absolute atomic E-state index is 11.2. The summed E-state index contributed by atoms with van der Waals surface area (Å²) in [7, 11) is -4.43. The van der Waals surface area contributed by atoms with Crippen LogP contribution in [0.3, 0.4) is 0 Å². The van der Waals surface area contributed by atoms with Gasteiger partial charge in [0, 0.05) is 16.8 Å². The molecule has 0 aliphatic rings. The summed E-state index contributed by atoms with van der Waals surface area (Å²) in [6.07, 6.45) is 18.3. The maximum atomic E-state index is 11.2. The van der Waals surface area contributed by atoms with Crippen molar-refractivity contribution in [2.45, 2.75) is 130 Å². The summed E-state index contributed by atoms with van der Waals surface area (Å²) in [5.74, 6) is 0. The predicted octanol–water partition coefficient (Wildman–Crippen LogP) is 9.14. The largest absolute Gasteiger partial charge is 0.319 e. The van der Waals surface area contributed by atoms with Crippen LogP contribution in [-0.4, -0.2) is 26.4 Å². The molecule has 0 spiro atoms. The molecular formula is C24H54CoO6P2. The first-order valence-corrected chi connectivity index (χ1v) is 15.7. The topological polar surface area (TPSA) is 71.1 Å². The number of rotatable bonds is 24. The molecule has 6 nitrogen and oxygen atoms in total. The van der Waals surface area contributed by atoms with Gasteiger partial charge in [0.05, 0.1) is 26.4 Å². The van der Waals surface area contributed by atoms with Gasteiger partial charge in [-0.05, 0) is 25.7 Å². The van der Waals surface area contributed by atoms with Crippen molar-refractivity contribution in [3.05, 3.63) is 0 Å². The second-order valence-corrected chi connectivity index (χ2v) is 10.3. The van der Waals surface area contributed by atoms with Crippen molar-refractivity contribution in [1.82, 2.24) is 0 Å². The molecule has 0 saturated carbocycles. The fourth-order valence-electron chi connectivity index (χ4n) is 2.82. The molecule has 9 heteroatoms. The molecule has 0 aliphatic heterocycles. The van der Waals surface area contributed by atoms with Crippen LogP contribution in [-0.2, 0) is 44.0 Å². The van der Waals surface area contributed by atoms with Gasteiger partial charge in [-0.1, -0.05) is 105 Å². The van der Waals surface area contributed by atoms with Crippen molar-refractivity contribution in [2.75, 3.05) is 26.4 Å². The van der Waals surface area contributed by atoms with Gasteiger partial charge >= 0.3 is 16.5 Å². The van der Waals surface area contributed by atoms with E-state index < -0.39 is 16.5 Å². The first kappa shape index (κ1) is 38.3. The molecule has 0 amide bonds. The van der Waals surface area contributed by atoms with Crippen molar-refractivity contribution < 1.29 is 44.0 Å². The minimum atomic E-state index is -2.21. The number of hydrogen-bond donors (Lipinski definition) is 0. The van der Waals surface area contributed by atoms with Crippen LogP contribution in [0.2, 0.25) is 0 Å². The molecule has 0 unspecified atom stereocenters. The molecule has 0 aromatic carbocycles. The van der Waals surface area contributed by atoms with E-state index in [4.69, 9.17) is 18.1 Å². The molecule has 0 rings (SSSR count). The van der Waals surface area contributed by atoms with Crippen LogP contribution in [0.5, 0.6) is 0 Å². The van der Waals surface area contributed by atoms with Gasteiger partial charge in [-0.15, -0.1) is 0 Å². The zero-order chi connectivity index (χ0) is 24.1.